The summed E-state index contributed by atoms with van der Waals surface area (Å²) >= 11 is 0. The number of ether oxygens (including phenoxy) is 2. The van der Waals surface area contributed by atoms with E-state index in [9.17, 15) is 0 Å². The minimum atomic E-state index is -0.125. The van der Waals surface area contributed by atoms with Gasteiger partial charge in [0.25, 0.3) is 0 Å². The van der Waals surface area contributed by atoms with E-state index in [0.29, 0.717) is 5.88 Å². The van der Waals surface area contributed by atoms with Gasteiger partial charge in [-0.3, -0.25) is 0 Å². The van der Waals surface area contributed by atoms with Gasteiger partial charge in [0.1, 0.15) is 0 Å². The zero-order valence-corrected chi connectivity index (χ0v) is 14.6. The Morgan fingerprint density at radius 3 is 2.52 bits per heavy atom. The molecule has 0 aliphatic heterocycles. The van der Waals surface area contributed by atoms with Gasteiger partial charge in [0.05, 0.1) is 18.8 Å². The topological polar surface area (TPSA) is 31.4 Å². The maximum Gasteiger partial charge on any atom is 0.213 e. The standard InChI is InChI=1S/C20H25NO2/c1-13-14(10-12-19(21-13)22-5)15-7-6-8-17-16(15)9-11-18(17)23-20(2,3)4/h6-8,10,12,18H,9,11H2,1-5H3/t18-/m1/s1. The molecule has 2 aromatic rings. The number of hydrogen-bond acceptors (Lipinski definition) is 3. The fourth-order valence-corrected chi connectivity index (χ4v) is 3.35. The zero-order chi connectivity index (χ0) is 16.6. The van der Waals surface area contributed by atoms with E-state index in [4.69, 9.17) is 9.47 Å². The second kappa shape index (κ2) is 5.97. The van der Waals surface area contributed by atoms with Gasteiger partial charge in [0.2, 0.25) is 5.88 Å². The Kier molecular flexibility index (Phi) is 4.15. The first kappa shape index (κ1) is 16.0. The van der Waals surface area contributed by atoms with E-state index in [1.807, 2.05) is 13.0 Å². The Morgan fingerprint density at radius 2 is 1.87 bits per heavy atom. The number of fused-ring (bicyclic) bond motifs is 1. The van der Waals surface area contributed by atoms with E-state index in [-0.39, 0.29) is 11.7 Å². The van der Waals surface area contributed by atoms with Gasteiger partial charge in [0, 0.05) is 17.3 Å². The number of nitrogens with zero attached hydrogens (tertiary/aromatic N) is 1. The summed E-state index contributed by atoms with van der Waals surface area (Å²) in [5.41, 5.74) is 6.05. The fourth-order valence-electron chi connectivity index (χ4n) is 3.35. The van der Waals surface area contributed by atoms with Gasteiger partial charge in [-0.25, -0.2) is 4.98 Å². The van der Waals surface area contributed by atoms with Crippen LogP contribution >= 0.6 is 0 Å². The quantitative estimate of drug-likeness (QED) is 0.810. The molecule has 0 amide bonds. The van der Waals surface area contributed by atoms with Crippen molar-refractivity contribution in [3.63, 3.8) is 0 Å². The maximum atomic E-state index is 6.25. The summed E-state index contributed by atoms with van der Waals surface area (Å²) in [6, 6.07) is 10.6. The lowest BCUT2D eigenvalue weighted by molar-refractivity contribution is -0.0605. The van der Waals surface area contributed by atoms with E-state index in [1.54, 1.807) is 7.11 Å². The molecule has 0 saturated heterocycles. The number of hydrogen-bond donors (Lipinski definition) is 0. The zero-order valence-electron chi connectivity index (χ0n) is 14.6. The van der Waals surface area contributed by atoms with E-state index in [2.05, 4.69) is 50.0 Å². The SMILES string of the molecule is COc1ccc(-c2cccc3c2CC[C@H]3OC(C)(C)C)c(C)n1. The summed E-state index contributed by atoms with van der Waals surface area (Å²) in [6.07, 6.45) is 2.29. The molecule has 1 aliphatic carbocycles. The molecule has 0 radical (unpaired) electrons. The molecule has 1 aromatic heterocycles. The number of rotatable bonds is 3. The van der Waals surface area contributed by atoms with Crippen LogP contribution in [0.2, 0.25) is 0 Å². The Balaban J connectivity index is 2.01. The predicted molar refractivity (Wildman–Crippen MR) is 92.9 cm³/mol. The summed E-state index contributed by atoms with van der Waals surface area (Å²) in [4.78, 5) is 4.52. The second-order valence-corrected chi connectivity index (χ2v) is 7.12. The van der Waals surface area contributed by atoms with Crippen molar-refractivity contribution in [1.82, 2.24) is 4.98 Å². The lowest BCUT2D eigenvalue weighted by Gasteiger charge is -2.25. The normalized spacial score (nSPS) is 17.2. The van der Waals surface area contributed by atoms with E-state index in [0.717, 1.165) is 18.5 Å². The lowest BCUT2D eigenvalue weighted by Crippen LogP contribution is -2.21. The molecule has 3 rings (SSSR count). The highest BCUT2D eigenvalue weighted by molar-refractivity contribution is 5.72. The van der Waals surface area contributed by atoms with Gasteiger partial charge in [-0.05, 0) is 63.3 Å². The average Bonchev–Trinajstić information content (AvgIpc) is 2.88. The molecule has 122 valence electrons. The van der Waals surface area contributed by atoms with Crippen LogP contribution in [0, 0.1) is 6.92 Å². The molecule has 0 fully saturated rings. The van der Waals surface area contributed by atoms with Gasteiger partial charge in [-0.15, -0.1) is 0 Å². The van der Waals surface area contributed by atoms with Crippen molar-refractivity contribution in [2.45, 2.75) is 52.2 Å². The highest BCUT2D eigenvalue weighted by Gasteiger charge is 2.29. The van der Waals surface area contributed by atoms with Gasteiger partial charge >= 0.3 is 0 Å². The molecule has 3 nitrogen and oxygen atoms in total. The first-order chi connectivity index (χ1) is 10.9. The fraction of sp³-hybridized carbons (Fsp3) is 0.450. The minimum absolute atomic E-state index is 0.125. The van der Waals surface area contributed by atoms with Crippen LogP contribution in [0.1, 0.15) is 50.1 Å². The van der Waals surface area contributed by atoms with Crippen LogP contribution in [0.3, 0.4) is 0 Å². The van der Waals surface area contributed by atoms with Crippen molar-refractivity contribution in [3.05, 3.63) is 47.2 Å². The van der Waals surface area contributed by atoms with Crippen LogP contribution < -0.4 is 4.74 Å². The number of methoxy groups -OCH3 is 1. The molecular weight excluding hydrogens is 286 g/mol. The summed E-state index contributed by atoms with van der Waals surface area (Å²) in [6.45, 7) is 8.39. The third kappa shape index (κ3) is 3.25. The van der Waals surface area contributed by atoms with E-state index in [1.165, 1.54) is 22.3 Å². The third-order valence-electron chi connectivity index (χ3n) is 4.27. The van der Waals surface area contributed by atoms with Gasteiger partial charge < -0.3 is 9.47 Å². The lowest BCUT2D eigenvalue weighted by atomic mass is 9.96. The van der Waals surface area contributed by atoms with Crippen molar-refractivity contribution in [1.29, 1.82) is 0 Å². The van der Waals surface area contributed by atoms with E-state index < -0.39 is 0 Å². The monoisotopic (exact) mass is 311 g/mol. The summed E-state index contributed by atoms with van der Waals surface area (Å²) in [5, 5.41) is 0. The van der Waals surface area contributed by atoms with Crippen molar-refractivity contribution in [3.8, 4) is 17.0 Å². The molecule has 0 bridgehead atoms. The van der Waals surface area contributed by atoms with Gasteiger partial charge in [0.15, 0.2) is 0 Å². The van der Waals surface area contributed by atoms with Crippen LogP contribution in [-0.2, 0) is 11.2 Å². The van der Waals surface area contributed by atoms with Gasteiger partial charge in [-0.2, -0.15) is 0 Å². The summed E-state index contributed by atoms with van der Waals surface area (Å²) < 4.78 is 11.5. The predicted octanol–water partition coefficient (Wildman–Crippen LogP) is 4.87. The Hall–Kier alpha value is -1.87. The first-order valence-electron chi connectivity index (χ1n) is 8.20. The largest absolute Gasteiger partial charge is 0.481 e. The van der Waals surface area contributed by atoms with Gasteiger partial charge in [-0.1, -0.05) is 18.2 Å². The first-order valence-corrected chi connectivity index (χ1v) is 8.20. The molecule has 1 aromatic carbocycles. The highest BCUT2D eigenvalue weighted by Crippen LogP contribution is 2.41. The van der Waals surface area contributed by atoms with E-state index >= 15 is 0 Å². The molecule has 0 unspecified atom stereocenters. The van der Waals surface area contributed by atoms with Crippen molar-refractivity contribution < 1.29 is 9.47 Å². The van der Waals surface area contributed by atoms with Crippen LogP contribution in [0.15, 0.2) is 30.3 Å². The Morgan fingerprint density at radius 1 is 1.09 bits per heavy atom. The number of aromatic nitrogens is 1. The molecule has 1 heterocycles. The van der Waals surface area contributed by atoms with Crippen LogP contribution in [0.25, 0.3) is 11.1 Å². The van der Waals surface area contributed by atoms with Crippen LogP contribution in [0.5, 0.6) is 5.88 Å². The highest BCUT2D eigenvalue weighted by atomic mass is 16.5. The summed E-state index contributed by atoms with van der Waals surface area (Å²) in [7, 11) is 1.65. The van der Waals surface area contributed by atoms with Crippen LogP contribution in [-0.4, -0.2) is 17.7 Å². The van der Waals surface area contributed by atoms with Crippen molar-refractivity contribution in [2.24, 2.45) is 0 Å². The van der Waals surface area contributed by atoms with Crippen molar-refractivity contribution in [2.75, 3.05) is 7.11 Å². The third-order valence-corrected chi connectivity index (χ3v) is 4.27. The molecule has 0 saturated carbocycles. The smallest absolute Gasteiger partial charge is 0.213 e. The molecule has 0 spiro atoms. The second-order valence-electron chi connectivity index (χ2n) is 7.12. The minimum Gasteiger partial charge on any atom is -0.481 e. The maximum absolute atomic E-state index is 6.25. The van der Waals surface area contributed by atoms with Crippen molar-refractivity contribution >= 4 is 0 Å². The molecular formula is C20H25NO2. The Labute approximate surface area is 138 Å². The molecule has 0 N–H and O–H groups in total. The Bertz CT molecular complexity index is 716. The molecule has 23 heavy (non-hydrogen) atoms. The molecule has 1 aliphatic rings. The number of benzene rings is 1. The number of pyridine rings is 1. The van der Waals surface area contributed by atoms with Crippen LogP contribution in [0.4, 0.5) is 0 Å². The number of aryl methyl sites for hydroxylation is 1. The molecule has 1 atom stereocenters. The average molecular weight is 311 g/mol. The molecule has 3 heteroatoms. The summed E-state index contributed by atoms with van der Waals surface area (Å²) in [5.74, 6) is 0.660.